The third kappa shape index (κ3) is 2.97. The van der Waals surface area contributed by atoms with Crippen molar-refractivity contribution in [1.82, 2.24) is 4.90 Å². The second-order valence-corrected chi connectivity index (χ2v) is 4.96. The first-order valence-electron chi connectivity index (χ1n) is 5.45. The van der Waals surface area contributed by atoms with Crippen molar-refractivity contribution in [3.63, 3.8) is 0 Å². The molecule has 0 aromatic heterocycles. The number of hydrogen-bond acceptors (Lipinski definition) is 3. The summed E-state index contributed by atoms with van der Waals surface area (Å²) in [5.41, 5.74) is 7.10. The van der Waals surface area contributed by atoms with Crippen LogP contribution >= 0.6 is 0 Å². The lowest BCUT2D eigenvalue weighted by atomic mass is 9.88. The molecule has 0 radical (unpaired) electrons. The summed E-state index contributed by atoms with van der Waals surface area (Å²) in [7, 11) is 5.76. The summed E-state index contributed by atoms with van der Waals surface area (Å²) < 4.78 is 5.24. The number of likely N-dealkylation sites (N-methyl/N-ethyl adjacent to an activating group) is 1. The molecule has 0 saturated carbocycles. The number of benzene rings is 1. The van der Waals surface area contributed by atoms with Gasteiger partial charge in [-0.25, -0.2) is 0 Å². The summed E-state index contributed by atoms with van der Waals surface area (Å²) in [5.74, 6) is 0.869. The van der Waals surface area contributed by atoms with Crippen LogP contribution in [0.3, 0.4) is 0 Å². The van der Waals surface area contributed by atoms with E-state index in [0.717, 1.165) is 5.75 Å². The Morgan fingerprint density at radius 3 is 2.38 bits per heavy atom. The van der Waals surface area contributed by atoms with Crippen LogP contribution in [0.4, 0.5) is 0 Å². The first-order chi connectivity index (χ1) is 7.36. The Labute approximate surface area is 98.2 Å². The van der Waals surface area contributed by atoms with E-state index in [2.05, 4.69) is 11.0 Å². The molecular formula is C13H22N2O. The molecule has 0 heterocycles. The van der Waals surface area contributed by atoms with Crippen LogP contribution in [0.25, 0.3) is 0 Å². The second-order valence-electron chi connectivity index (χ2n) is 4.96. The van der Waals surface area contributed by atoms with Gasteiger partial charge < -0.3 is 15.4 Å². The van der Waals surface area contributed by atoms with Gasteiger partial charge in [-0.3, -0.25) is 0 Å². The number of ether oxygens (including phenoxy) is 1. The van der Waals surface area contributed by atoms with E-state index >= 15 is 0 Å². The number of nitrogens with two attached hydrogens (primary N) is 1. The highest BCUT2D eigenvalue weighted by Gasteiger charge is 2.28. The van der Waals surface area contributed by atoms with Gasteiger partial charge in [0, 0.05) is 5.54 Å². The van der Waals surface area contributed by atoms with Crippen LogP contribution in [-0.4, -0.2) is 31.6 Å². The Balaban J connectivity index is 3.11. The molecule has 0 amide bonds. The third-order valence-corrected chi connectivity index (χ3v) is 2.63. The van der Waals surface area contributed by atoms with Gasteiger partial charge >= 0.3 is 0 Å². The monoisotopic (exact) mass is 222 g/mol. The highest BCUT2D eigenvalue weighted by molar-refractivity contribution is 5.32. The molecule has 0 saturated heterocycles. The molecular weight excluding hydrogens is 200 g/mol. The van der Waals surface area contributed by atoms with Gasteiger partial charge in [-0.1, -0.05) is 12.1 Å². The SMILES string of the molecule is COc1cccc(C(N(C)C)C(C)(C)N)c1. The number of methoxy groups -OCH3 is 1. The molecule has 2 N–H and O–H groups in total. The molecule has 1 aromatic rings. The lowest BCUT2D eigenvalue weighted by Gasteiger charge is -2.36. The maximum Gasteiger partial charge on any atom is 0.119 e. The van der Waals surface area contributed by atoms with Crippen molar-refractivity contribution in [2.45, 2.75) is 25.4 Å². The predicted octanol–water partition coefficient (Wildman–Crippen LogP) is 2.04. The fourth-order valence-electron chi connectivity index (χ4n) is 2.20. The van der Waals surface area contributed by atoms with E-state index in [-0.39, 0.29) is 11.6 Å². The minimum Gasteiger partial charge on any atom is -0.497 e. The smallest absolute Gasteiger partial charge is 0.119 e. The Hall–Kier alpha value is -1.06. The van der Waals surface area contributed by atoms with E-state index in [1.165, 1.54) is 5.56 Å². The van der Waals surface area contributed by atoms with Crippen LogP contribution in [0.15, 0.2) is 24.3 Å². The summed E-state index contributed by atoms with van der Waals surface area (Å²) >= 11 is 0. The first kappa shape index (κ1) is 13.0. The third-order valence-electron chi connectivity index (χ3n) is 2.63. The molecule has 0 spiro atoms. The molecule has 0 aliphatic heterocycles. The van der Waals surface area contributed by atoms with Crippen molar-refractivity contribution in [3.05, 3.63) is 29.8 Å². The summed E-state index contributed by atoms with van der Waals surface area (Å²) in [6.45, 7) is 4.08. The van der Waals surface area contributed by atoms with E-state index in [0.29, 0.717) is 0 Å². The van der Waals surface area contributed by atoms with Crippen molar-refractivity contribution in [1.29, 1.82) is 0 Å². The lowest BCUT2D eigenvalue weighted by Crippen LogP contribution is -2.45. The molecule has 90 valence electrons. The number of nitrogens with zero attached hydrogens (tertiary/aromatic N) is 1. The largest absolute Gasteiger partial charge is 0.497 e. The molecule has 1 aromatic carbocycles. The van der Waals surface area contributed by atoms with Crippen molar-refractivity contribution in [3.8, 4) is 5.75 Å². The molecule has 16 heavy (non-hydrogen) atoms. The molecule has 0 aliphatic carbocycles. The fourth-order valence-corrected chi connectivity index (χ4v) is 2.20. The quantitative estimate of drug-likeness (QED) is 0.847. The minimum absolute atomic E-state index is 0.169. The summed E-state index contributed by atoms with van der Waals surface area (Å²) in [5, 5.41) is 0. The van der Waals surface area contributed by atoms with E-state index in [1.807, 2.05) is 46.1 Å². The fraction of sp³-hybridized carbons (Fsp3) is 0.538. The molecule has 1 unspecified atom stereocenters. The molecule has 1 rings (SSSR count). The topological polar surface area (TPSA) is 38.5 Å². The van der Waals surface area contributed by atoms with Crippen LogP contribution in [0.2, 0.25) is 0 Å². The Morgan fingerprint density at radius 2 is 1.94 bits per heavy atom. The van der Waals surface area contributed by atoms with E-state index in [1.54, 1.807) is 7.11 Å². The van der Waals surface area contributed by atoms with Crippen molar-refractivity contribution >= 4 is 0 Å². The van der Waals surface area contributed by atoms with Crippen LogP contribution in [-0.2, 0) is 0 Å². The van der Waals surface area contributed by atoms with Crippen LogP contribution in [0.5, 0.6) is 5.75 Å². The van der Waals surface area contributed by atoms with Gasteiger partial charge in [-0.15, -0.1) is 0 Å². The van der Waals surface area contributed by atoms with Gasteiger partial charge in [-0.2, -0.15) is 0 Å². The minimum atomic E-state index is -0.296. The van der Waals surface area contributed by atoms with E-state index in [4.69, 9.17) is 10.5 Å². The zero-order valence-corrected chi connectivity index (χ0v) is 10.8. The zero-order chi connectivity index (χ0) is 12.3. The van der Waals surface area contributed by atoms with Crippen molar-refractivity contribution < 1.29 is 4.74 Å². The van der Waals surface area contributed by atoms with Gasteiger partial charge in [0.25, 0.3) is 0 Å². The Bertz CT molecular complexity index is 342. The van der Waals surface area contributed by atoms with Gasteiger partial charge in [-0.05, 0) is 45.6 Å². The standard InChI is InChI=1S/C13H22N2O/c1-13(2,14)12(15(3)4)10-7-6-8-11(9-10)16-5/h6-9,12H,14H2,1-5H3. The normalized spacial score (nSPS) is 13.9. The number of rotatable bonds is 4. The molecule has 0 aliphatic rings. The Morgan fingerprint density at radius 1 is 1.31 bits per heavy atom. The van der Waals surface area contributed by atoms with Gasteiger partial charge in [0.15, 0.2) is 0 Å². The van der Waals surface area contributed by atoms with Crippen LogP contribution in [0.1, 0.15) is 25.5 Å². The summed E-state index contributed by atoms with van der Waals surface area (Å²) in [6.07, 6.45) is 0. The van der Waals surface area contributed by atoms with Crippen molar-refractivity contribution in [2.24, 2.45) is 5.73 Å². The highest BCUT2D eigenvalue weighted by Crippen LogP contribution is 2.30. The lowest BCUT2D eigenvalue weighted by molar-refractivity contribution is 0.204. The average molecular weight is 222 g/mol. The Kier molecular flexibility index (Phi) is 3.94. The van der Waals surface area contributed by atoms with Crippen LogP contribution < -0.4 is 10.5 Å². The summed E-state index contributed by atoms with van der Waals surface area (Å²) in [4.78, 5) is 2.13. The zero-order valence-electron chi connectivity index (χ0n) is 10.8. The maximum atomic E-state index is 6.22. The molecule has 3 nitrogen and oxygen atoms in total. The summed E-state index contributed by atoms with van der Waals surface area (Å²) in [6, 6.07) is 8.24. The highest BCUT2D eigenvalue weighted by atomic mass is 16.5. The van der Waals surface area contributed by atoms with Gasteiger partial charge in [0.05, 0.1) is 13.2 Å². The second kappa shape index (κ2) is 4.85. The van der Waals surface area contributed by atoms with Gasteiger partial charge in [0.1, 0.15) is 5.75 Å². The molecule has 1 atom stereocenters. The first-order valence-corrected chi connectivity index (χ1v) is 5.45. The average Bonchev–Trinajstić information content (AvgIpc) is 2.15. The maximum absolute atomic E-state index is 6.22. The molecule has 3 heteroatoms. The molecule has 0 bridgehead atoms. The molecule has 0 fully saturated rings. The van der Waals surface area contributed by atoms with Crippen LogP contribution in [0, 0.1) is 0 Å². The van der Waals surface area contributed by atoms with Gasteiger partial charge in [0.2, 0.25) is 0 Å². The number of hydrogen-bond donors (Lipinski definition) is 1. The van der Waals surface area contributed by atoms with Crippen molar-refractivity contribution in [2.75, 3.05) is 21.2 Å². The van der Waals surface area contributed by atoms with E-state index in [9.17, 15) is 0 Å². The van der Waals surface area contributed by atoms with E-state index < -0.39 is 0 Å². The predicted molar refractivity (Wildman–Crippen MR) is 67.7 cm³/mol.